The smallest absolute Gasteiger partial charge is 0.130 e. The number of pyridine rings is 2. The molecule has 6 heteroatoms. The number of nitrogens with zero attached hydrogens (tertiary/aromatic N) is 5. The molecule has 0 amide bonds. The molecule has 0 saturated carbocycles. The minimum Gasteiger partial charge on any atom is -0.354 e. The first-order chi connectivity index (χ1) is 15.2. The van der Waals surface area contributed by atoms with E-state index in [1.54, 1.807) is 0 Å². The largest absolute Gasteiger partial charge is 0.354 e. The van der Waals surface area contributed by atoms with E-state index >= 15 is 0 Å². The summed E-state index contributed by atoms with van der Waals surface area (Å²) in [6.07, 6.45) is 8.51. The average Bonchev–Trinajstić information content (AvgIpc) is 3.34. The van der Waals surface area contributed by atoms with Crippen LogP contribution in [0.1, 0.15) is 17.5 Å². The van der Waals surface area contributed by atoms with Gasteiger partial charge in [0.25, 0.3) is 0 Å². The number of likely N-dealkylation sites (N-methyl/N-ethyl adjacent to an activating group) is 1. The maximum absolute atomic E-state index is 4.58. The third-order valence-corrected chi connectivity index (χ3v) is 5.94. The highest BCUT2D eigenvalue weighted by Crippen LogP contribution is 2.27. The van der Waals surface area contributed by atoms with Gasteiger partial charge >= 0.3 is 0 Å². The molecule has 31 heavy (non-hydrogen) atoms. The van der Waals surface area contributed by atoms with E-state index in [9.17, 15) is 0 Å². The van der Waals surface area contributed by atoms with Gasteiger partial charge in [0, 0.05) is 74.1 Å². The molecule has 2 aliphatic rings. The van der Waals surface area contributed by atoms with Crippen LogP contribution >= 0.6 is 0 Å². The Morgan fingerprint density at radius 3 is 2.68 bits per heavy atom. The van der Waals surface area contributed by atoms with Crippen molar-refractivity contribution >= 4 is 39.9 Å². The molecule has 1 saturated heterocycles. The second kappa shape index (κ2) is 8.32. The number of aromatic nitrogens is 2. The van der Waals surface area contributed by atoms with Crippen molar-refractivity contribution in [2.75, 3.05) is 43.4 Å². The Kier molecular flexibility index (Phi) is 5.22. The first-order valence-electron chi connectivity index (χ1n) is 10.6. The van der Waals surface area contributed by atoms with E-state index in [0.717, 1.165) is 66.3 Å². The molecule has 0 bridgehead atoms. The number of rotatable bonds is 5. The van der Waals surface area contributed by atoms with Gasteiger partial charge in [0.2, 0.25) is 0 Å². The topological polar surface area (TPSA) is 56.7 Å². The first kappa shape index (κ1) is 19.5. The van der Waals surface area contributed by atoms with Crippen LogP contribution in [0.25, 0.3) is 22.0 Å². The van der Waals surface area contributed by atoms with Crippen LogP contribution in [-0.4, -0.2) is 54.3 Å². The molecule has 156 valence electrons. The molecular weight excluding hydrogens is 384 g/mol. The lowest BCUT2D eigenvalue weighted by atomic mass is 10.0. The van der Waals surface area contributed by atoms with Gasteiger partial charge in [-0.2, -0.15) is 0 Å². The summed E-state index contributed by atoms with van der Waals surface area (Å²) in [5.74, 6) is 1.78. The summed E-state index contributed by atoms with van der Waals surface area (Å²) in [5, 5.41) is 5.63. The minimum atomic E-state index is 0.782. The summed E-state index contributed by atoms with van der Waals surface area (Å²) in [4.78, 5) is 18.0. The fourth-order valence-electron chi connectivity index (χ4n) is 3.99. The Labute approximate surface area is 182 Å². The van der Waals surface area contributed by atoms with Crippen LogP contribution in [0.2, 0.25) is 0 Å². The second-order valence-electron chi connectivity index (χ2n) is 8.12. The fourth-order valence-corrected chi connectivity index (χ4v) is 3.99. The Hall–Kier alpha value is -3.51. The molecule has 0 radical (unpaired) electrons. The van der Waals surface area contributed by atoms with Gasteiger partial charge in [-0.15, -0.1) is 0 Å². The number of hydrogen-bond acceptors (Lipinski definition) is 6. The Morgan fingerprint density at radius 2 is 1.87 bits per heavy atom. The third-order valence-electron chi connectivity index (χ3n) is 5.94. The fraction of sp³-hybridized carbons (Fsp3) is 0.240. The van der Waals surface area contributed by atoms with Crippen molar-refractivity contribution < 1.29 is 0 Å². The molecule has 1 fully saturated rings. The maximum Gasteiger partial charge on any atom is 0.130 e. The highest BCUT2D eigenvalue weighted by molar-refractivity contribution is 5.91. The van der Waals surface area contributed by atoms with Crippen LogP contribution in [0.15, 0.2) is 66.6 Å². The lowest BCUT2D eigenvalue weighted by Gasteiger charge is -2.33. The van der Waals surface area contributed by atoms with E-state index in [1.165, 1.54) is 11.1 Å². The molecule has 2 aromatic heterocycles. The minimum absolute atomic E-state index is 0.782. The van der Waals surface area contributed by atoms with Crippen molar-refractivity contribution in [3.63, 3.8) is 0 Å². The third kappa shape index (κ3) is 4.20. The van der Waals surface area contributed by atoms with Gasteiger partial charge in [-0.3, -0.25) is 4.99 Å². The SMILES string of the molecule is C=C(Nc1cc2cc(C3=CN=CC3)ccc2cn1)c1ccnc(N2CCN(C)CC2)c1. The summed E-state index contributed by atoms with van der Waals surface area (Å²) < 4.78 is 0. The molecule has 5 rings (SSSR count). The Balaban J connectivity index is 1.34. The zero-order chi connectivity index (χ0) is 21.2. The van der Waals surface area contributed by atoms with Crippen LogP contribution in [0.4, 0.5) is 11.6 Å². The van der Waals surface area contributed by atoms with E-state index in [0.29, 0.717) is 0 Å². The zero-order valence-corrected chi connectivity index (χ0v) is 17.8. The number of fused-ring (bicyclic) bond motifs is 1. The Morgan fingerprint density at radius 1 is 1.00 bits per heavy atom. The van der Waals surface area contributed by atoms with E-state index in [-0.39, 0.29) is 0 Å². The summed E-state index contributed by atoms with van der Waals surface area (Å²) in [6, 6.07) is 12.6. The summed E-state index contributed by atoms with van der Waals surface area (Å²) in [7, 11) is 2.16. The molecule has 2 aliphatic heterocycles. The molecule has 0 aliphatic carbocycles. The van der Waals surface area contributed by atoms with Crippen molar-refractivity contribution in [1.82, 2.24) is 14.9 Å². The van der Waals surface area contributed by atoms with Gasteiger partial charge in [0.15, 0.2) is 0 Å². The van der Waals surface area contributed by atoms with Crippen LogP contribution in [0, 0.1) is 0 Å². The van der Waals surface area contributed by atoms with Crippen molar-refractivity contribution in [3.8, 4) is 0 Å². The van der Waals surface area contributed by atoms with Gasteiger partial charge in [-0.25, -0.2) is 9.97 Å². The van der Waals surface area contributed by atoms with Gasteiger partial charge < -0.3 is 15.1 Å². The number of anilines is 2. The second-order valence-corrected chi connectivity index (χ2v) is 8.12. The van der Waals surface area contributed by atoms with Crippen LogP contribution in [0.3, 0.4) is 0 Å². The maximum atomic E-state index is 4.58. The summed E-state index contributed by atoms with van der Waals surface area (Å²) >= 11 is 0. The van der Waals surface area contributed by atoms with Gasteiger partial charge in [-0.05, 0) is 47.8 Å². The predicted molar refractivity (Wildman–Crippen MR) is 129 cm³/mol. The van der Waals surface area contributed by atoms with Gasteiger partial charge in [-0.1, -0.05) is 18.7 Å². The molecule has 4 heterocycles. The molecule has 0 unspecified atom stereocenters. The van der Waals surface area contributed by atoms with E-state index in [4.69, 9.17) is 0 Å². The van der Waals surface area contributed by atoms with E-state index in [2.05, 4.69) is 74.0 Å². The van der Waals surface area contributed by atoms with E-state index < -0.39 is 0 Å². The molecule has 0 spiro atoms. The number of allylic oxidation sites excluding steroid dienone is 1. The predicted octanol–water partition coefficient (Wildman–Crippen LogP) is 4.28. The average molecular weight is 411 g/mol. The lowest BCUT2D eigenvalue weighted by Crippen LogP contribution is -2.44. The molecule has 1 aromatic carbocycles. The van der Waals surface area contributed by atoms with Crippen molar-refractivity contribution in [3.05, 3.63) is 72.7 Å². The van der Waals surface area contributed by atoms with Gasteiger partial charge in [0.1, 0.15) is 11.6 Å². The number of hydrogen-bond donors (Lipinski definition) is 1. The summed E-state index contributed by atoms with van der Waals surface area (Å²) in [6.45, 7) is 8.33. The van der Waals surface area contributed by atoms with Crippen molar-refractivity contribution in [1.29, 1.82) is 0 Å². The number of piperazine rings is 1. The monoisotopic (exact) mass is 410 g/mol. The lowest BCUT2D eigenvalue weighted by molar-refractivity contribution is 0.312. The normalized spacial score (nSPS) is 16.5. The van der Waals surface area contributed by atoms with E-state index in [1.807, 2.05) is 30.9 Å². The molecule has 1 N–H and O–H groups in total. The van der Waals surface area contributed by atoms with Crippen molar-refractivity contribution in [2.45, 2.75) is 6.42 Å². The molecule has 0 atom stereocenters. The van der Waals surface area contributed by atoms with Crippen LogP contribution < -0.4 is 10.2 Å². The summed E-state index contributed by atoms with van der Waals surface area (Å²) in [5.41, 5.74) is 4.28. The Bertz CT molecular complexity index is 1190. The van der Waals surface area contributed by atoms with Gasteiger partial charge in [0.05, 0.1) is 0 Å². The highest BCUT2D eigenvalue weighted by Gasteiger charge is 2.16. The zero-order valence-electron chi connectivity index (χ0n) is 17.8. The van der Waals surface area contributed by atoms with Crippen molar-refractivity contribution in [2.24, 2.45) is 4.99 Å². The molecule has 3 aromatic rings. The molecular formula is C25H26N6. The highest BCUT2D eigenvalue weighted by atomic mass is 15.3. The number of nitrogens with one attached hydrogen (secondary N) is 1. The van der Waals surface area contributed by atoms with Crippen LogP contribution in [0.5, 0.6) is 0 Å². The number of benzene rings is 1. The number of aliphatic imine (C=N–C) groups is 1. The first-order valence-corrected chi connectivity index (χ1v) is 10.6. The quantitative estimate of drug-likeness (QED) is 0.680. The molecule has 6 nitrogen and oxygen atoms in total. The standard InChI is InChI=1S/C25H26N6/c1-18(19-6-8-27-25(15-19)31-11-9-30(2)10-12-31)29-24-14-23-13-20(22-5-7-26-16-22)3-4-21(23)17-28-24/h3-4,6-8,13-17H,1,5,9-12H2,2H3,(H,28,29). The van der Waals surface area contributed by atoms with Crippen LogP contribution in [-0.2, 0) is 0 Å².